The first-order valence-electron chi connectivity index (χ1n) is 6.61. The molecule has 0 spiro atoms. The number of aliphatic hydroxyl groups excluding tert-OH is 1. The highest BCUT2D eigenvalue weighted by molar-refractivity contribution is 4.72. The van der Waals surface area contributed by atoms with Gasteiger partial charge in [0.15, 0.2) is 0 Å². The summed E-state index contributed by atoms with van der Waals surface area (Å²) in [7, 11) is 1.73. The molecule has 0 radical (unpaired) electrons. The van der Waals surface area contributed by atoms with Crippen molar-refractivity contribution in [3.8, 4) is 0 Å². The first kappa shape index (κ1) is 16.8. The van der Waals surface area contributed by atoms with Gasteiger partial charge in [-0.15, -0.1) is 0 Å². The Morgan fingerprint density at radius 3 is 2.24 bits per heavy atom. The Kier molecular flexibility index (Phi) is 9.74. The molecule has 0 aromatic carbocycles. The normalized spacial score (nSPS) is 13.9. The number of ether oxygens (including phenoxy) is 1. The molecule has 1 unspecified atom stereocenters. The maximum Gasteiger partial charge on any atom is 0.0589 e. The van der Waals surface area contributed by atoms with Gasteiger partial charge < -0.3 is 15.2 Å². The smallest absolute Gasteiger partial charge is 0.0589 e. The predicted octanol–water partition coefficient (Wildman–Crippen LogP) is 1.09. The lowest BCUT2D eigenvalue weighted by Crippen LogP contribution is -2.42. The van der Waals surface area contributed by atoms with Crippen molar-refractivity contribution in [1.82, 2.24) is 10.2 Å². The number of nitrogens with zero attached hydrogens (tertiary/aromatic N) is 1. The molecule has 0 rings (SSSR count). The standard InChI is InChI=1S/C13H30N2O2/c1-11(2)14-13(10-16)6-7-15(12(3)4)8-9-17-5/h11-14,16H,6-10H2,1-5H3. The summed E-state index contributed by atoms with van der Waals surface area (Å²) in [6, 6.07) is 1.13. The topological polar surface area (TPSA) is 44.7 Å². The third-order valence-electron chi connectivity index (χ3n) is 2.87. The molecule has 0 aromatic rings. The van der Waals surface area contributed by atoms with E-state index in [2.05, 4.69) is 37.9 Å². The first-order valence-corrected chi connectivity index (χ1v) is 6.61. The largest absolute Gasteiger partial charge is 0.395 e. The summed E-state index contributed by atoms with van der Waals surface area (Å²) in [5.41, 5.74) is 0. The van der Waals surface area contributed by atoms with E-state index in [1.165, 1.54) is 0 Å². The van der Waals surface area contributed by atoms with Crippen molar-refractivity contribution in [1.29, 1.82) is 0 Å². The fourth-order valence-corrected chi connectivity index (χ4v) is 1.86. The summed E-state index contributed by atoms with van der Waals surface area (Å²) in [6.45, 7) is 11.5. The van der Waals surface area contributed by atoms with E-state index in [4.69, 9.17) is 4.74 Å². The molecule has 0 aliphatic rings. The summed E-state index contributed by atoms with van der Waals surface area (Å²) in [6.07, 6.45) is 0.969. The van der Waals surface area contributed by atoms with Crippen LogP contribution in [-0.2, 0) is 4.74 Å². The van der Waals surface area contributed by atoms with Crippen molar-refractivity contribution in [3.63, 3.8) is 0 Å². The van der Waals surface area contributed by atoms with Crippen LogP contribution in [0.5, 0.6) is 0 Å². The van der Waals surface area contributed by atoms with Crippen molar-refractivity contribution in [2.24, 2.45) is 0 Å². The molecule has 17 heavy (non-hydrogen) atoms. The monoisotopic (exact) mass is 246 g/mol. The molecule has 0 saturated heterocycles. The van der Waals surface area contributed by atoms with Crippen LogP contribution < -0.4 is 5.32 Å². The second-order valence-electron chi connectivity index (χ2n) is 5.11. The lowest BCUT2D eigenvalue weighted by molar-refractivity contribution is 0.121. The van der Waals surface area contributed by atoms with Gasteiger partial charge in [-0.25, -0.2) is 0 Å². The summed E-state index contributed by atoms with van der Waals surface area (Å²) >= 11 is 0. The number of hydrogen-bond donors (Lipinski definition) is 2. The summed E-state index contributed by atoms with van der Waals surface area (Å²) < 4.78 is 5.11. The molecule has 0 saturated carbocycles. The van der Waals surface area contributed by atoms with Crippen molar-refractivity contribution >= 4 is 0 Å². The van der Waals surface area contributed by atoms with E-state index in [0.717, 1.165) is 26.1 Å². The zero-order chi connectivity index (χ0) is 13.3. The van der Waals surface area contributed by atoms with Crippen LogP contribution in [0.4, 0.5) is 0 Å². The lowest BCUT2D eigenvalue weighted by Gasteiger charge is -2.28. The molecule has 2 N–H and O–H groups in total. The molecule has 0 aliphatic carbocycles. The third kappa shape index (κ3) is 8.55. The number of nitrogens with one attached hydrogen (secondary N) is 1. The van der Waals surface area contributed by atoms with Gasteiger partial charge in [-0.1, -0.05) is 13.8 Å². The van der Waals surface area contributed by atoms with E-state index in [0.29, 0.717) is 12.1 Å². The van der Waals surface area contributed by atoms with Crippen LogP contribution in [-0.4, -0.2) is 61.5 Å². The number of hydrogen-bond acceptors (Lipinski definition) is 4. The Morgan fingerprint density at radius 1 is 1.18 bits per heavy atom. The highest BCUT2D eigenvalue weighted by atomic mass is 16.5. The third-order valence-corrected chi connectivity index (χ3v) is 2.87. The van der Waals surface area contributed by atoms with Gasteiger partial charge in [0.25, 0.3) is 0 Å². The molecule has 4 heteroatoms. The minimum Gasteiger partial charge on any atom is -0.395 e. The average molecular weight is 246 g/mol. The van der Waals surface area contributed by atoms with Crippen molar-refractivity contribution in [2.45, 2.75) is 52.2 Å². The Balaban J connectivity index is 3.99. The number of rotatable bonds is 10. The summed E-state index contributed by atoms with van der Waals surface area (Å²) in [5.74, 6) is 0. The first-order chi connectivity index (χ1) is 8.01. The molecule has 0 aromatic heterocycles. The Hall–Kier alpha value is -0.160. The molecule has 0 heterocycles. The SMILES string of the molecule is COCCN(CCC(CO)NC(C)C)C(C)C. The van der Waals surface area contributed by atoms with E-state index in [1.807, 2.05) is 0 Å². The van der Waals surface area contributed by atoms with Crippen LogP contribution in [0, 0.1) is 0 Å². The van der Waals surface area contributed by atoms with E-state index < -0.39 is 0 Å². The molecule has 104 valence electrons. The maximum atomic E-state index is 9.30. The predicted molar refractivity (Wildman–Crippen MR) is 72.3 cm³/mol. The Morgan fingerprint density at radius 2 is 1.82 bits per heavy atom. The van der Waals surface area contributed by atoms with Crippen LogP contribution >= 0.6 is 0 Å². The highest BCUT2D eigenvalue weighted by Gasteiger charge is 2.13. The van der Waals surface area contributed by atoms with Crippen molar-refractivity contribution < 1.29 is 9.84 Å². The van der Waals surface area contributed by atoms with Crippen molar-refractivity contribution in [3.05, 3.63) is 0 Å². The van der Waals surface area contributed by atoms with Crippen LogP contribution in [0.2, 0.25) is 0 Å². The second-order valence-corrected chi connectivity index (χ2v) is 5.11. The average Bonchev–Trinajstić information content (AvgIpc) is 2.26. The summed E-state index contributed by atoms with van der Waals surface area (Å²) in [5, 5.41) is 12.7. The van der Waals surface area contributed by atoms with Gasteiger partial charge in [0.05, 0.1) is 13.2 Å². The molecular formula is C13H30N2O2. The van der Waals surface area contributed by atoms with Gasteiger partial charge in [0.2, 0.25) is 0 Å². The highest BCUT2D eigenvalue weighted by Crippen LogP contribution is 2.02. The molecule has 4 nitrogen and oxygen atoms in total. The minimum absolute atomic E-state index is 0.193. The van der Waals surface area contributed by atoms with Gasteiger partial charge >= 0.3 is 0 Å². The second kappa shape index (κ2) is 9.83. The maximum absolute atomic E-state index is 9.30. The lowest BCUT2D eigenvalue weighted by atomic mass is 10.1. The van der Waals surface area contributed by atoms with Crippen LogP contribution in [0.15, 0.2) is 0 Å². The summed E-state index contributed by atoms with van der Waals surface area (Å²) in [4.78, 5) is 2.38. The van der Waals surface area contributed by atoms with E-state index >= 15 is 0 Å². The zero-order valence-corrected chi connectivity index (χ0v) is 12.1. The van der Waals surface area contributed by atoms with E-state index in [9.17, 15) is 5.11 Å². The molecular weight excluding hydrogens is 216 g/mol. The molecule has 0 bridgehead atoms. The van der Waals surface area contributed by atoms with Crippen LogP contribution in [0.25, 0.3) is 0 Å². The Labute approximate surface area is 106 Å². The molecule has 0 amide bonds. The fraction of sp³-hybridized carbons (Fsp3) is 1.00. The quantitative estimate of drug-likeness (QED) is 0.606. The minimum atomic E-state index is 0.193. The molecule has 0 fully saturated rings. The van der Waals surface area contributed by atoms with Gasteiger partial charge in [0.1, 0.15) is 0 Å². The number of aliphatic hydroxyl groups is 1. The van der Waals surface area contributed by atoms with Crippen LogP contribution in [0.1, 0.15) is 34.1 Å². The number of methoxy groups -OCH3 is 1. The van der Waals surface area contributed by atoms with Gasteiger partial charge in [-0.3, -0.25) is 4.90 Å². The van der Waals surface area contributed by atoms with Crippen LogP contribution in [0.3, 0.4) is 0 Å². The van der Waals surface area contributed by atoms with Gasteiger partial charge in [0, 0.05) is 38.3 Å². The van der Waals surface area contributed by atoms with E-state index in [-0.39, 0.29) is 12.6 Å². The molecule has 1 atom stereocenters. The van der Waals surface area contributed by atoms with Crippen molar-refractivity contribution in [2.75, 3.05) is 33.4 Å². The Bertz CT molecular complexity index is 175. The molecule has 0 aliphatic heterocycles. The van der Waals surface area contributed by atoms with Gasteiger partial charge in [-0.2, -0.15) is 0 Å². The fourth-order valence-electron chi connectivity index (χ4n) is 1.86. The zero-order valence-electron chi connectivity index (χ0n) is 12.1. The van der Waals surface area contributed by atoms with Gasteiger partial charge in [-0.05, 0) is 20.3 Å². The van der Waals surface area contributed by atoms with E-state index in [1.54, 1.807) is 7.11 Å².